The second-order valence-electron chi connectivity index (χ2n) is 5.91. The zero-order valence-corrected chi connectivity index (χ0v) is 12.2. The number of carbonyl (C=O) groups excluding carboxylic acids is 2. The van der Waals surface area contributed by atoms with E-state index in [1.807, 2.05) is 30.3 Å². The Bertz CT molecular complexity index is 555. The normalized spacial score (nSPS) is 26.0. The first-order chi connectivity index (χ1) is 10.6. The van der Waals surface area contributed by atoms with Gasteiger partial charge < -0.3 is 19.9 Å². The SMILES string of the molecule is O=C(NC1C(=O)OC2(CCC2)C[C@@H]1O)OCc1ccccc1. The summed E-state index contributed by atoms with van der Waals surface area (Å²) in [7, 11) is 0. The predicted molar refractivity (Wildman–Crippen MR) is 76.8 cm³/mol. The minimum atomic E-state index is -1.06. The van der Waals surface area contributed by atoms with Crippen LogP contribution in [0.1, 0.15) is 31.2 Å². The van der Waals surface area contributed by atoms with Crippen molar-refractivity contribution in [1.29, 1.82) is 0 Å². The average molecular weight is 305 g/mol. The van der Waals surface area contributed by atoms with E-state index in [-0.39, 0.29) is 6.61 Å². The molecule has 1 amide bonds. The summed E-state index contributed by atoms with van der Waals surface area (Å²) < 4.78 is 10.4. The Morgan fingerprint density at radius 2 is 2.09 bits per heavy atom. The number of amides is 1. The van der Waals surface area contributed by atoms with Gasteiger partial charge in [-0.15, -0.1) is 0 Å². The molecule has 1 aromatic rings. The van der Waals surface area contributed by atoms with E-state index in [0.717, 1.165) is 24.8 Å². The number of ether oxygens (including phenoxy) is 2. The number of alkyl carbamates (subject to hydrolysis) is 1. The van der Waals surface area contributed by atoms with Crippen LogP contribution in [0.4, 0.5) is 4.79 Å². The Kier molecular flexibility index (Phi) is 4.02. The van der Waals surface area contributed by atoms with Gasteiger partial charge in [-0.3, -0.25) is 0 Å². The van der Waals surface area contributed by atoms with Gasteiger partial charge in [0.25, 0.3) is 0 Å². The zero-order valence-electron chi connectivity index (χ0n) is 12.2. The maximum Gasteiger partial charge on any atom is 0.408 e. The Hall–Kier alpha value is -2.08. The summed E-state index contributed by atoms with van der Waals surface area (Å²) in [5.74, 6) is -0.588. The molecule has 1 saturated carbocycles. The van der Waals surface area contributed by atoms with Crippen molar-refractivity contribution in [3.63, 3.8) is 0 Å². The van der Waals surface area contributed by atoms with E-state index in [9.17, 15) is 14.7 Å². The molecule has 118 valence electrons. The maximum atomic E-state index is 12.0. The summed E-state index contributed by atoms with van der Waals surface area (Å²) in [4.78, 5) is 23.7. The molecule has 22 heavy (non-hydrogen) atoms. The minimum Gasteiger partial charge on any atom is -0.457 e. The molecule has 2 fully saturated rings. The van der Waals surface area contributed by atoms with E-state index in [1.165, 1.54) is 0 Å². The van der Waals surface area contributed by atoms with Gasteiger partial charge in [-0.2, -0.15) is 0 Å². The Labute approximate surface area is 128 Å². The van der Waals surface area contributed by atoms with E-state index in [2.05, 4.69) is 5.32 Å². The summed E-state index contributed by atoms with van der Waals surface area (Å²) in [5.41, 5.74) is 0.334. The highest BCUT2D eigenvalue weighted by Gasteiger charge is 2.50. The highest BCUT2D eigenvalue weighted by atomic mass is 16.6. The zero-order chi connectivity index (χ0) is 15.6. The van der Waals surface area contributed by atoms with E-state index in [1.54, 1.807) is 0 Å². The Morgan fingerprint density at radius 1 is 1.36 bits per heavy atom. The molecular formula is C16H19NO5. The van der Waals surface area contributed by atoms with Gasteiger partial charge in [-0.1, -0.05) is 30.3 Å². The van der Waals surface area contributed by atoms with Crippen LogP contribution in [0.3, 0.4) is 0 Å². The molecule has 6 heteroatoms. The van der Waals surface area contributed by atoms with Gasteiger partial charge in [0.2, 0.25) is 0 Å². The fraction of sp³-hybridized carbons (Fsp3) is 0.500. The largest absolute Gasteiger partial charge is 0.457 e. The molecule has 1 spiro atoms. The maximum absolute atomic E-state index is 12.0. The number of aliphatic hydroxyl groups is 1. The molecule has 2 aliphatic rings. The number of aliphatic hydroxyl groups excluding tert-OH is 1. The molecule has 3 rings (SSSR count). The number of rotatable bonds is 3. The number of hydrogen-bond donors (Lipinski definition) is 2. The third kappa shape index (κ3) is 3.06. The van der Waals surface area contributed by atoms with Crippen molar-refractivity contribution in [2.24, 2.45) is 0 Å². The topological polar surface area (TPSA) is 84.9 Å². The van der Waals surface area contributed by atoms with E-state index in [0.29, 0.717) is 6.42 Å². The number of hydrogen-bond acceptors (Lipinski definition) is 5. The summed E-state index contributed by atoms with van der Waals surface area (Å²) in [6.07, 6.45) is 1.24. The molecule has 0 radical (unpaired) electrons. The third-order valence-electron chi connectivity index (χ3n) is 4.29. The molecular weight excluding hydrogens is 286 g/mol. The Balaban J connectivity index is 1.51. The molecule has 1 aliphatic heterocycles. The molecule has 0 bridgehead atoms. The third-order valence-corrected chi connectivity index (χ3v) is 4.29. The van der Waals surface area contributed by atoms with Crippen molar-refractivity contribution in [3.8, 4) is 0 Å². The fourth-order valence-corrected chi connectivity index (χ4v) is 2.90. The number of esters is 1. The smallest absolute Gasteiger partial charge is 0.408 e. The van der Waals surface area contributed by atoms with Crippen LogP contribution in [0.5, 0.6) is 0 Å². The number of carbonyl (C=O) groups is 2. The number of nitrogens with one attached hydrogen (secondary N) is 1. The van der Waals surface area contributed by atoms with Gasteiger partial charge in [-0.05, 0) is 24.8 Å². The van der Waals surface area contributed by atoms with Crippen molar-refractivity contribution in [2.75, 3.05) is 0 Å². The summed E-state index contributed by atoms with van der Waals surface area (Å²) in [6, 6.07) is 8.16. The second-order valence-corrected chi connectivity index (χ2v) is 5.91. The monoisotopic (exact) mass is 305 g/mol. The van der Waals surface area contributed by atoms with E-state index in [4.69, 9.17) is 9.47 Å². The standard InChI is InChI=1S/C16H19NO5/c18-12-9-16(7-4-8-16)22-14(19)13(12)17-15(20)21-10-11-5-2-1-3-6-11/h1-3,5-6,12-13,18H,4,7-10H2,(H,17,20)/t12-,13?/m0/s1. The minimum absolute atomic E-state index is 0.106. The molecule has 1 aliphatic carbocycles. The van der Waals surface area contributed by atoms with Crippen LogP contribution in [0.2, 0.25) is 0 Å². The number of benzene rings is 1. The van der Waals surface area contributed by atoms with E-state index < -0.39 is 29.8 Å². The van der Waals surface area contributed by atoms with Crippen molar-refractivity contribution in [2.45, 2.75) is 50.0 Å². The highest BCUT2D eigenvalue weighted by Crippen LogP contribution is 2.42. The quantitative estimate of drug-likeness (QED) is 0.827. The summed E-state index contributed by atoms with van der Waals surface area (Å²) >= 11 is 0. The second kappa shape index (κ2) is 5.96. The van der Waals surface area contributed by atoms with Gasteiger partial charge in [0.1, 0.15) is 12.2 Å². The van der Waals surface area contributed by atoms with Crippen molar-refractivity contribution < 1.29 is 24.2 Å². The van der Waals surface area contributed by atoms with Crippen LogP contribution < -0.4 is 5.32 Å². The van der Waals surface area contributed by atoms with Crippen LogP contribution in [-0.4, -0.2) is 34.9 Å². The molecule has 1 aromatic carbocycles. The summed E-state index contributed by atoms with van der Waals surface area (Å²) in [6.45, 7) is 0.106. The van der Waals surface area contributed by atoms with Crippen LogP contribution in [0.15, 0.2) is 30.3 Å². The Morgan fingerprint density at radius 3 is 2.68 bits per heavy atom. The molecule has 1 unspecified atom stereocenters. The first-order valence-corrected chi connectivity index (χ1v) is 7.46. The molecule has 6 nitrogen and oxygen atoms in total. The summed E-state index contributed by atoms with van der Waals surface area (Å²) in [5, 5.41) is 12.5. The van der Waals surface area contributed by atoms with Gasteiger partial charge in [-0.25, -0.2) is 9.59 Å². The van der Waals surface area contributed by atoms with Gasteiger partial charge in [0, 0.05) is 6.42 Å². The lowest BCUT2D eigenvalue weighted by molar-refractivity contribution is -0.194. The molecule has 2 N–H and O–H groups in total. The van der Waals surface area contributed by atoms with Gasteiger partial charge in [0.05, 0.1) is 6.10 Å². The van der Waals surface area contributed by atoms with E-state index >= 15 is 0 Å². The molecule has 1 heterocycles. The fourth-order valence-electron chi connectivity index (χ4n) is 2.90. The van der Waals surface area contributed by atoms with Crippen molar-refractivity contribution in [1.82, 2.24) is 5.32 Å². The van der Waals surface area contributed by atoms with Crippen molar-refractivity contribution in [3.05, 3.63) is 35.9 Å². The van der Waals surface area contributed by atoms with Crippen LogP contribution in [-0.2, 0) is 20.9 Å². The van der Waals surface area contributed by atoms with Gasteiger partial charge >= 0.3 is 12.1 Å². The average Bonchev–Trinajstić information content (AvgIpc) is 2.48. The van der Waals surface area contributed by atoms with Crippen LogP contribution in [0, 0.1) is 0 Å². The molecule has 0 aromatic heterocycles. The lowest BCUT2D eigenvalue weighted by atomic mass is 9.73. The van der Waals surface area contributed by atoms with Crippen LogP contribution >= 0.6 is 0 Å². The first-order valence-electron chi connectivity index (χ1n) is 7.46. The predicted octanol–water partition coefficient (Wildman–Crippen LogP) is 1.51. The lowest BCUT2D eigenvalue weighted by Gasteiger charge is -2.47. The van der Waals surface area contributed by atoms with Gasteiger partial charge in [0.15, 0.2) is 6.04 Å². The highest BCUT2D eigenvalue weighted by molar-refractivity contribution is 5.83. The molecule has 2 atom stereocenters. The molecule has 1 saturated heterocycles. The first kappa shape index (κ1) is 14.8. The van der Waals surface area contributed by atoms with Crippen LogP contribution in [0.25, 0.3) is 0 Å². The van der Waals surface area contributed by atoms with Crippen molar-refractivity contribution >= 4 is 12.1 Å². The lowest BCUT2D eigenvalue weighted by Crippen LogP contribution is -2.60.